The summed E-state index contributed by atoms with van der Waals surface area (Å²) in [5.41, 5.74) is 9.40. The van der Waals surface area contributed by atoms with Crippen LogP contribution in [0.15, 0.2) is 35.3 Å². The third-order valence-corrected chi connectivity index (χ3v) is 7.44. The van der Waals surface area contributed by atoms with E-state index in [2.05, 4.69) is 59.4 Å². The monoisotopic (exact) mass is 400 g/mol. The Morgan fingerprint density at radius 1 is 1.17 bits per heavy atom. The van der Waals surface area contributed by atoms with Crippen LogP contribution in [0.4, 0.5) is 0 Å². The number of pyridine rings is 2. The molecule has 2 aliphatic rings. The summed E-state index contributed by atoms with van der Waals surface area (Å²) < 4.78 is 7.73. The van der Waals surface area contributed by atoms with E-state index >= 15 is 0 Å². The van der Waals surface area contributed by atoms with Crippen molar-refractivity contribution in [1.82, 2.24) is 9.55 Å². The van der Waals surface area contributed by atoms with Crippen molar-refractivity contribution in [1.29, 1.82) is 0 Å². The van der Waals surface area contributed by atoms with E-state index in [0.29, 0.717) is 13.2 Å². The number of rotatable bonds is 2. The Bertz CT molecular complexity index is 1320. The van der Waals surface area contributed by atoms with Gasteiger partial charge in [0.2, 0.25) is 0 Å². The van der Waals surface area contributed by atoms with Crippen LogP contribution in [0, 0.1) is 13.8 Å². The molecule has 0 fully saturated rings. The predicted octanol–water partition coefficient (Wildman–Crippen LogP) is 5.32. The molecule has 30 heavy (non-hydrogen) atoms. The molecule has 1 atom stereocenters. The largest absolute Gasteiger partial charge is 0.493 e. The third-order valence-electron chi connectivity index (χ3n) is 7.44. The molecule has 0 saturated heterocycles. The van der Waals surface area contributed by atoms with Gasteiger partial charge in [-0.05, 0) is 74.1 Å². The van der Waals surface area contributed by atoms with Crippen LogP contribution >= 0.6 is 0 Å². The summed E-state index contributed by atoms with van der Waals surface area (Å²) in [6.45, 7) is 15.7. The third kappa shape index (κ3) is 2.33. The first-order valence-electron chi connectivity index (χ1n) is 10.8. The number of nitrogens with zero attached hydrogens (tertiary/aromatic N) is 2. The zero-order valence-electron chi connectivity index (χ0n) is 18.5. The highest BCUT2D eigenvalue weighted by molar-refractivity contribution is 5.89. The molecule has 0 saturated carbocycles. The minimum Gasteiger partial charge on any atom is -0.493 e. The lowest BCUT2D eigenvalue weighted by Crippen LogP contribution is -2.37. The number of ether oxygens (including phenoxy) is 1. The summed E-state index contributed by atoms with van der Waals surface area (Å²) in [6, 6.07) is 6.60. The molecule has 2 aromatic heterocycles. The van der Waals surface area contributed by atoms with E-state index in [-0.39, 0.29) is 11.0 Å². The molecule has 4 nitrogen and oxygen atoms in total. The van der Waals surface area contributed by atoms with E-state index in [9.17, 15) is 4.79 Å². The van der Waals surface area contributed by atoms with E-state index in [1.807, 2.05) is 4.57 Å². The molecule has 154 valence electrons. The van der Waals surface area contributed by atoms with Crippen molar-refractivity contribution in [3.05, 3.63) is 74.3 Å². The molecule has 4 heterocycles. The lowest BCUT2D eigenvalue weighted by atomic mass is 9.75. The SMILES string of the molecule is C=C1OCc2c(cc3n(c2=O)Cc2c-3nc3cc(C)c(C)cc3c2CC)[C@@]1(C)CC. The van der Waals surface area contributed by atoms with Crippen LogP contribution < -0.4 is 5.56 Å². The fraction of sp³-hybridized carbons (Fsp3) is 0.385. The molecule has 4 heteroatoms. The second kappa shape index (κ2) is 6.31. The van der Waals surface area contributed by atoms with Crippen LogP contribution in [-0.4, -0.2) is 9.55 Å². The average molecular weight is 401 g/mol. The van der Waals surface area contributed by atoms with Crippen LogP contribution in [0.25, 0.3) is 22.3 Å². The van der Waals surface area contributed by atoms with Crippen molar-refractivity contribution >= 4 is 10.9 Å². The van der Waals surface area contributed by atoms with Crippen molar-refractivity contribution in [2.45, 2.75) is 66.0 Å². The molecule has 2 aliphatic heterocycles. The quantitative estimate of drug-likeness (QED) is 0.458. The Balaban J connectivity index is 1.84. The number of aromatic nitrogens is 2. The van der Waals surface area contributed by atoms with Crippen molar-refractivity contribution in [2.75, 3.05) is 0 Å². The van der Waals surface area contributed by atoms with Gasteiger partial charge < -0.3 is 9.30 Å². The molecule has 0 radical (unpaired) electrons. The van der Waals surface area contributed by atoms with Crippen molar-refractivity contribution in [3.63, 3.8) is 0 Å². The van der Waals surface area contributed by atoms with Gasteiger partial charge in [0.15, 0.2) is 0 Å². The standard InChI is InChI=1S/C26H28N2O2/c1-7-17-18-9-14(3)15(4)10-22(18)27-24-19(17)12-28-23(24)11-21-20(25(28)29)13-30-16(5)26(21,6)8-2/h9-11H,5,7-8,12-13H2,1-4,6H3/t26-/m0/s1. The fourth-order valence-corrected chi connectivity index (χ4v) is 5.10. The van der Waals surface area contributed by atoms with Crippen LogP contribution in [0.5, 0.6) is 0 Å². The van der Waals surface area contributed by atoms with E-state index in [0.717, 1.165) is 46.6 Å². The van der Waals surface area contributed by atoms with Crippen LogP contribution in [0.1, 0.15) is 60.6 Å². The predicted molar refractivity (Wildman–Crippen MR) is 121 cm³/mol. The topological polar surface area (TPSA) is 44.1 Å². The summed E-state index contributed by atoms with van der Waals surface area (Å²) >= 11 is 0. The molecular weight excluding hydrogens is 372 g/mol. The Labute approximate surface area is 177 Å². The Hall–Kier alpha value is -2.88. The van der Waals surface area contributed by atoms with Crippen molar-refractivity contribution < 1.29 is 4.74 Å². The number of benzene rings is 1. The summed E-state index contributed by atoms with van der Waals surface area (Å²) in [7, 11) is 0. The Morgan fingerprint density at radius 3 is 2.60 bits per heavy atom. The van der Waals surface area contributed by atoms with Gasteiger partial charge in [-0.15, -0.1) is 0 Å². The molecule has 0 spiro atoms. The van der Waals surface area contributed by atoms with Gasteiger partial charge in [0.1, 0.15) is 6.61 Å². The summed E-state index contributed by atoms with van der Waals surface area (Å²) in [4.78, 5) is 18.6. The summed E-state index contributed by atoms with van der Waals surface area (Å²) in [5.74, 6) is 0.742. The molecular formula is C26H28N2O2. The van der Waals surface area contributed by atoms with E-state index < -0.39 is 0 Å². The first-order valence-corrected chi connectivity index (χ1v) is 10.8. The maximum atomic E-state index is 13.5. The molecule has 0 amide bonds. The van der Waals surface area contributed by atoms with Gasteiger partial charge in [0.25, 0.3) is 5.56 Å². The van der Waals surface area contributed by atoms with Crippen molar-refractivity contribution in [3.8, 4) is 11.4 Å². The van der Waals surface area contributed by atoms with Gasteiger partial charge in [-0.2, -0.15) is 0 Å². The van der Waals surface area contributed by atoms with Gasteiger partial charge >= 0.3 is 0 Å². The lowest BCUT2D eigenvalue weighted by Gasteiger charge is -2.37. The van der Waals surface area contributed by atoms with Crippen molar-refractivity contribution in [2.24, 2.45) is 0 Å². The highest BCUT2D eigenvalue weighted by atomic mass is 16.5. The van der Waals surface area contributed by atoms with Gasteiger partial charge in [-0.3, -0.25) is 4.79 Å². The lowest BCUT2D eigenvalue weighted by molar-refractivity contribution is 0.132. The van der Waals surface area contributed by atoms with Gasteiger partial charge in [0, 0.05) is 16.4 Å². The Morgan fingerprint density at radius 2 is 1.90 bits per heavy atom. The average Bonchev–Trinajstić information content (AvgIpc) is 3.09. The van der Waals surface area contributed by atoms with E-state index in [4.69, 9.17) is 9.72 Å². The van der Waals surface area contributed by atoms with Crippen LogP contribution in [0.3, 0.4) is 0 Å². The maximum Gasteiger partial charge on any atom is 0.258 e. The zero-order valence-corrected chi connectivity index (χ0v) is 18.5. The number of fused-ring (bicyclic) bond motifs is 5. The minimum absolute atomic E-state index is 0.0474. The maximum absolute atomic E-state index is 13.5. The fourth-order valence-electron chi connectivity index (χ4n) is 5.10. The first kappa shape index (κ1) is 19.1. The van der Waals surface area contributed by atoms with Crippen LogP contribution in [0.2, 0.25) is 0 Å². The number of allylic oxidation sites excluding steroid dienone is 1. The summed E-state index contributed by atoms with van der Waals surface area (Å²) in [5, 5.41) is 1.21. The highest BCUT2D eigenvalue weighted by Gasteiger charge is 2.39. The molecule has 0 N–H and O–H groups in total. The van der Waals surface area contributed by atoms with E-state index in [1.54, 1.807) is 0 Å². The first-order chi connectivity index (χ1) is 14.3. The molecule has 1 aromatic carbocycles. The molecule has 3 aromatic rings. The number of aryl methyl sites for hydroxylation is 3. The molecule has 0 bridgehead atoms. The smallest absolute Gasteiger partial charge is 0.258 e. The number of hydrogen-bond acceptors (Lipinski definition) is 3. The minimum atomic E-state index is -0.358. The highest BCUT2D eigenvalue weighted by Crippen LogP contribution is 2.44. The van der Waals surface area contributed by atoms with E-state index in [1.165, 1.54) is 27.6 Å². The van der Waals surface area contributed by atoms with Gasteiger partial charge in [0.05, 0.1) is 34.8 Å². The molecule has 5 rings (SSSR count). The Kier molecular flexibility index (Phi) is 4.02. The number of hydrogen-bond donors (Lipinski definition) is 0. The normalized spacial score (nSPS) is 19.4. The second-order valence-electron chi connectivity index (χ2n) is 8.94. The van der Waals surface area contributed by atoms with Gasteiger partial charge in [-0.25, -0.2) is 4.98 Å². The second-order valence-corrected chi connectivity index (χ2v) is 8.94. The summed E-state index contributed by atoms with van der Waals surface area (Å²) in [6.07, 6.45) is 1.75. The molecule has 0 unspecified atom stereocenters. The van der Waals surface area contributed by atoms with Crippen LogP contribution in [-0.2, 0) is 29.7 Å². The van der Waals surface area contributed by atoms with Gasteiger partial charge in [-0.1, -0.05) is 20.4 Å². The molecule has 0 aliphatic carbocycles. The zero-order chi connectivity index (χ0) is 21.4.